The van der Waals surface area contributed by atoms with Crippen molar-refractivity contribution in [2.45, 2.75) is 13.3 Å². The Hall–Kier alpha value is -4.58. The molecule has 0 atom stereocenters. The molecule has 0 aliphatic heterocycles. The molecule has 0 saturated carbocycles. The molecular formula is C21H8O4. The van der Waals surface area contributed by atoms with E-state index in [9.17, 15) is 9.59 Å². The molecule has 0 aliphatic rings. The Balaban J connectivity index is 4.26. The molecule has 4 nitrogen and oxygen atoms in total. The van der Waals surface area contributed by atoms with E-state index < -0.39 is 18.4 Å². The summed E-state index contributed by atoms with van der Waals surface area (Å²) in [5.41, 5.74) is 0. The maximum atomic E-state index is 11.1. The second-order valence-electron chi connectivity index (χ2n) is 3.33. The van der Waals surface area contributed by atoms with Crippen LogP contribution in [0, 0.1) is 95.4 Å². The summed E-state index contributed by atoms with van der Waals surface area (Å²) >= 11 is 0. The van der Waals surface area contributed by atoms with E-state index in [4.69, 9.17) is 6.42 Å². The van der Waals surface area contributed by atoms with E-state index in [-0.39, 0.29) is 6.61 Å². The minimum atomic E-state index is -0.823. The Morgan fingerprint density at radius 2 is 1.16 bits per heavy atom. The maximum absolute atomic E-state index is 11.1. The number of ether oxygens (including phenoxy) is 2. The zero-order valence-electron chi connectivity index (χ0n) is 13.1. The summed E-state index contributed by atoms with van der Waals surface area (Å²) in [5.74, 6) is 31.6. The summed E-state index contributed by atoms with van der Waals surface area (Å²) in [6.45, 7) is 1.81. The standard InChI is InChI=1S/C21H8O4/c1-3-5-6-7-8-9-10-11-12-13-14-15-16-17-18-25-21(23)19-20(22)24-4-2/h1H,4,19H2,2H3. The van der Waals surface area contributed by atoms with Gasteiger partial charge in [0.15, 0.2) is 0 Å². The molecule has 0 unspecified atom stereocenters. The predicted molar refractivity (Wildman–Crippen MR) is 90.6 cm³/mol. The molecule has 0 heterocycles. The van der Waals surface area contributed by atoms with Crippen LogP contribution in [0.4, 0.5) is 0 Å². The van der Waals surface area contributed by atoms with Crippen LogP contribution in [0.1, 0.15) is 13.3 Å². The number of hydrogen-bond donors (Lipinski definition) is 0. The zero-order chi connectivity index (χ0) is 18.6. The van der Waals surface area contributed by atoms with Gasteiger partial charge in [0.25, 0.3) is 0 Å². The lowest BCUT2D eigenvalue weighted by Gasteiger charge is -1.97. The highest BCUT2D eigenvalue weighted by atomic mass is 16.5. The van der Waals surface area contributed by atoms with Crippen LogP contribution < -0.4 is 0 Å². The monoisotopic (exact) mass is 324 g/mol. The van der Waals surface area contributed by atoms with E-state index in [1.165, 1.54) is 0 Å². The van der Waals surface area contributed by atoms with Crippen LogP contribution in [-0.4, -0.2) is 18.5 Å². The summed E-state index contributed by atoms with van der Waals surface area (Å²) in [6, 6.07) is 0. The average Bonchev–Trinajstić information content (AvgIpc) is 2.58. The molecule has 4 heteroatoms. The van der Waals surface area contributed by atoms with Crippen LogP contribution >= 0.6 is 0 Å². The maximum Gasteiger partial charge on any atom is 0.331 e. The highest BCUT2D eigenvalue weighted by Crippen LogP contribution is 1.89. The van der Waals surface area contributed by atoms with Crippen molar-refractivity contribution in [1.29, 1.82) is 0 Å². The first-order valence-corrected chi connectivity index (χ1v) is 6.51. The topological polar surface area (TPSA) is 52.6 Å². The number of terminal acetylenes is 1. The SMILES string of the molecule is C#CC#CC#CC#CC#CC#CC#CC#COC(=O)CC(=O)OCC. The van der Waals surface area contributed by atoms with Gasteiger partial charge in [0.1, 0.15) is 12.5 Å². The van der Waals surface area contributed by atoms with Crippen molar-refractivity contribution in [3.05, 3.63) is 0 Å². The van der Waals surface area contributed by atoms with Crippen molar-refractivity contribution < 1.29 is 19.1 Å². The van der Waals surface area contributed by atoms with Gasteiger partial charge in [-0.05, 0) is 48.4 Å². The fourth-order valence-corrected chi connectivity index (χ4v) is 0.854. The fraction of sp³-hybridized carbons (Fsp3) is 0.143. The molecule has 0 N–H and O–H groups in total. The van der Waals surface area contributed by atoms with E-state index in [2.05, 4.69) is 92.4 Å². The van der Waals surface area contributed by atoms with Crippen molar-refractivity contribution in [2.24, 2.45) is 0 Å². The molecule has 0 fully saturated rings. The second-order valence-corrected chi connectivity index (χ2v) is 3.33. The van der Waals surface area contributed by atoms with E-state index in [1.807, 2.05) is 6.11 Å². The molecule has 25 heavy (non-hydrogen) atoms. The quantitative estimate of drug-likeness (QED) is 0.420. The largest absolute Gasteiger partial charge is 0.466 e. The third-order valence-electron chi connectivity index (χ3n) is 1.63. The molecule has 0 aromatic carbocycles. The smallest absolute Gasteiger partial charge is 0.331 e. The first-order chi connectivity index (χ1) is 12.2. The van der Waals surface area contributed by atoms with Crippen LogP contribution in [0.15, 0.2) is 0 Å². The third kappa shape index (κ3) is 15.6. The van der Waals surface area contributed by atoms with Crippen LogP contribution in [0.5, 0.6) is 0 Å². The van der Waals surface area contributed by atoms with Gasteiger partial charge in [-0.3, -0.25) is 9.59 Å². The predicted octanol–water partition coefficient (Wildman–Crippen LogP) is 0.0973. The molecule has 116 valence electrons. The van der Waals surface area contributed by atoms with Crippen molar-refractivity contribution >= 4 is 11.9 Å². The highest BCUT2D eigenvalue weighted by Gasteiger charge is 2.10. The van der Waals surface area contributed by atoms with Gasteiger partial charge in [-0.2, -0.15) is 0 Å². The number of carbonyl (C=O) groups excluding carboxylic acids is 2. The number of rotatable bonds is 3. The lowest BCUT2D eigenvalue weighted by molar-refractivity contribution is -0.150. The molecule has 0 aromatic rings. The minimum absolute atomic E-state index is 0.186. The van der Waals surface area contributed by atoms with E-state index >= 15 is 0 Å². The first kappa shape index (κ1) is 20.4. The molecule has 0 spiro atoms. The van der Waals surface area contributed by atoms with E-state index in [0.29, 0.717) is 0 Å². The summed E-state index contributed by atoms with van der Waals surface area (Å²) in [6.07, 6.45) is 6.41. The molecule has 0 saturated heterocycles. The van der Waals surface area contributed by atoms with Gasteiger partial charge in [-0.15, -0.1) is 6.42 Å². The van der Waals surface area contributed by atoms with Gasteiger partial charge in [0, 0.05) is 41.4 Å². The van der Waals surface area contributed by atoms with Crippen LogP contribution in [-0.2, 0) is 19.1 Å². The fourth-order valence-electron chi connectivity index (χ4n) is 0.854. The Morgan fingerprint density at radius 3 is 1.60 bits per heavy atom. The average molecular weight is 324 g/mol. The molecule has 0 bridgehead atoms. The Bertz CT molecular complexity index is 988. The summed E-state index contributed by atoms with van der Waals surface area (Å²) in [7, 11) is 0. The van der Waals surface area contributed by atoms with E-state index in [1.54, 1.807) is 6.92 Å². The lowest BCUT2D eigenvalue weighted by Crippen LogP contribution is -2.11. The lowest BCUT2D eigenvalue weighted by atomic mass is 10.4. The highest BCUT2D eigenvalue weighted by molar-refractivity contribution is 5.91. The van der Waals surface area contributed by atoms with Gasteiger partial charge < -0.3 is 9.47 Å². The Morgan fingerprint density at radius 1 is 0.720 bits per heavy atom. The first-order valence-electron chi connectivity index (χ1n) is 6.51. The number of esters is 2. The molecule has 0 aliphatic carbocycles. The van der Waals surface area contributed by atoms with Gasteiger partial charge in [-0.1, -0.05) is 0 Å². The molecule has 0 radical (unpaired) electrons. The van der Waals surface area contributed by atoms with Gasteiger partial charge in [0.2, 0.25) is 0 Å². The number of carbonyl (C=O) groups is 2. The Labute approximate surface area is 147 Å². The van der Waals surface area contributed by atoms with E-state index in [0.717, 1.165) is 0 Å². The van der Waals surface area contributed by atoms with Crippen molar-refractivity contribution in [1.82, 2.24) is 0 Å². The Kier molecular flexibility index (Phi) is 12.9. The molecule has 0 rings (SSSR count). The normalized spacial score (nSPS) is 5.76. The van der Waals surface area contributed by atoms with Crippen LogP contribution in [0.25, 0.3) is 0 Å². The second kappa shape index (κ2) is 15.8. The molecule has 0 amide bonds. The summed E-state index contributed by atoms with van der Waals surface area (Å²) in [4.78, 5) is 22.1. The summed E-state index contributed by atoms with van der Waals surface area (Å²) < 4.78 is 9.00. The van der Waals surface area contributed by atoms with Crippen molar-refractivity contribution in [3.8, 4) is 95.4 Å². The third-order valence-corrected chi connectivity index (χ3v) is 1.63. The van der Waals surface area contributed by atoms with Crippen LogP contribution in [0.2, 0.25) is 0 Å². The van der Waals surface area contributed by atoms with Gasteiger partial charge in [0.05, 0.1) is 6.61 Å². The molecule has 0 aromatic heterocycles. The summed E-state index contributed by atoms with van der Waals surface area (Å²) in [5, 5.41) is 0. The number of hydrogen-bond acceptors (Lipinski definition) is 4. The van der Waals surface area contributed by atoms with Crippen LogP contribution in [0.3, 0.4) is 0 Å². The molecular weight excluding hydrogens is 316 g/mol. The zero-order valence-corrected chi connectivity index (χ0v) is 13.1. The van der Waals surface area contributed by atoms with Crippen molar-refractivity contribution in [3.63, 3.8) is 0 Å². The van der Waals surface area contributed by atoms with Gasteiger partial charge >= 0.3 is 11.9 Å². The van der Waals surface area contributed by atoms with Crippen molar-refractivity contribution in [2.75, 3.05) is 6.61 Å². The minimum Gasteiger partial charge on any atom is -0.466 e. The van der Waals surface area contributed by atoms with Gasteiger partial charge in [-0.25, -0.2) is 0 Å².